The summed E-state index contributed by atoms with van der Waals surface area (Å²) in [7, 11) is 1.36. The van der Waals surface area contributed by atoms with Gasteiger partial charge in [-0.15, -0.1) is 0 Å². The lowest BCUT2D eigenvalue weighted by molar-refractivity contribution is -0.140. The molecule has 0 saturated carbocycles. The van der Waals surface area contributed by atoms with Crippen molar-refractivity contribution in [3.05, 3.63) is 34.1 Å². The van der Waals surface area contributed by atoms with E-state index in [0.29, 0.717) is 19.4 Å². The summed E-state index contributed by atoms with van der Waals surface area (Å²) in [6, 6.07) is 4.59. The van der Waals surface area contributed by atoms with Gasteiger partial charge in [0.25, 0.3) is 5.91 Å². The van der Waals surface area contributed by atoms with Gasteiger partial charge in [0.2, 0.25) is 0 Å². The third-order valence-electron chi connectivity index (χ3n) is 2.77. The van der Waals surface area contributed by atoms with Crippen molar-refractivity contribution in [2.45, 2.75) is 25.7 Å². The first-order chi connectivity index (χ1) is 9.56. The molecule has 0 spiro atoms. The van der Waals surface area contributed by atoms with Crippen LogP contribution in [0.4, 0.5) is 4.39 Å². The molecule has 1 aromatic rings. The molecule has 4 nitrogen and oxygen atoms in total. The van der Waals surface area contributed by atoms with Crippen LogP contribution in [0.15, 0.2) is 22.7 Å². The standard InChI is InChI=1S/C14H17BrFNO3/c1-20-12(18)8-3-2-4-9-17-14(19)10-6-5-7-11(15)13(10)16/h5-7H,2-4,8-9H2,1H3,(H,17,19). The molecule has 0 aromatic heterocycles. The number of nitrogens with one attached hydrogen (secondary N) is 1. The SMILES string of the molecule is COC(=O)CCCCCNC(=O)c1cccc(Br)c1F. The van der Waals surface area contributed by atoms with Gasteiger partial charge in [0.15, 0.2) is 0 Å². The van der Waals surface area contributed by atoms with E-state index in [4.69, 9.17) is 0 Å². The van der Waals surface area contributed by atoms with Gasteiger partial charge in [0.05, 0.1) is 17.1 Å². The average molecular weight is 346 g/mol. The first kappa shape index (κ1) is 16.6. The lowest BCUT2D eigenvalue weighted by atomic mass is 10.1. The van der Waals surface area contributed by atoms with E-state index in [1.54, 1.807) is 12.1 Å². The van der Waals surface area contributed by atoms with E-state index in [1.165, 1.54) is 13.2 Å². The van der Waals surface area contributed by atoms with Crippen molar-refractivity contribution in [3.8, 4) is 0 Å². The first-order valence-corrected chi connectivity index (χ1v) is 7.14. The molecule has 0 saturated heterocycles. The third-order valence-corrected chi connectivity index (χ3v) is 3.38. The minimum atomic E-state index is -0.560. The number of hydrogen-bond acceptors (Lipinski definition) is 3. The highest BCUT2D eigenvalue weighted by Crippen LogP contribution is 2.18. The monoisotopic (exact) mass is 345 g/mol. The number of amides is 1. The van der Waals surface area contributed by atoms with Crippen LogP contribution in [0.25, 0.3) is 0 Å². The van der Waals surface area contributed by atoms with Crippen LogP contribution in [0.5, 0.6) is 0 Å². The molecule has 1 aromatic carbocycles. The van der Waals surface area contributed by atoms with Crippen LogP contribution >= 0.6 is 15.9 Å². The lowest BCUT2D eigenvalue weighted by Crippen LogP contribution is -2.25. The highest BCUT2D eigenvalue weighted by atomic mass is 79.9. The molecule has 1 rings (SSSR count). The van der Waals surface area contributed by atoms with Crippen LogP contribution in [0.3, 0.4) is 0 Å². The number of rotatable bonds is 7. The van der Waals surface area contributed by atoms with E-state index in [-0.39, 0.29) is 16.0 Å². The van der Waals surface area contributed by atoms with Crippen molar-refractivity contribution in [3.63, 3.8) is 0 Å². The predicted octanol–water partition coefficient (Wildman–Crippen LogP) is 3.05. The van der Waals surface area contributed by atoms with E-state index in [2.05, 4.69) is 26.0 Å². The maximum Gasteiger partial charge on any atom is 0.305 e. The number of esters is 1. The van der Waals surface area contributed by atoms with E-state index >= 15 is 0 Å². The highest BCUT2D eigenvalue weighted by Gasteiger charge is 2.12. The molecule has 0 bridgehead atoms. The number of methoxy groups -OCH3 is 1. The van der Waals surface area contributed by atoms with Crippen molar-refractivity contribution in [2.75, 3.05) is 13.7 Å². The molecule has 20 heavy (non-hydrogen) atoms. The van der Waals surface area contributed by atoms with Gasteiger partial charge in [-0.05, 0) is 40.9 Å². The second kappa shape index (κ2) is 8.68. The minimum Gasteiger partial charge on any atom is -0.469 e. The zero-order chi connectivity index (χ0) is 15.0. The number of halogens is 2. The molecule has 0 radical (unpaired) electrons. The van der Waals surface area contributed by atoms with Gasteiger partial charge in [-0.2, -0.15) is 0 Å². The zero-order valence-corrected chi connectivity index (χ0v) is 12.8. The largest absolute Gasteiger partial charge is 0.469 e. The van der Waals surface area contributed by atoms with Crippen molar-refractivity contribution in [1.29, 1.82) is 0 Å². The first-order valence-electron chi connectivity index (χ1n) is 6.35. The van der Waals surface area contributed by atoms with E-state index in [0.717, 1.165) is 12.8 Å². The molecule has 1 N–H and O–H groups in total. The van der Waals surface area contributed by atoms with Gasteiger partial charge in [-0.3, -0.25) is 9.59 Å². The van der Waals surface area contributed by atoms with Gasteiger partial charge in [-0.1, -0.05) is 12.5 Å². The Labute approximate surface area is 125 Å². The number of carbonyl (C=O) groups is 2. The molecule has 0 aliphatic rings. The second-order valence-electron chi connectivity index (χ2n) is 4.24. The van der Waals surface area contributed by atoms with Crippen LogP contribution in [-0.4, -0.2) is 25.5 Å². The predicted molar refractivity (Wildman–Crippen MR) is 76.9 cm³/mol. The Morgan fingerprint density at radius 2 is 2.05 bits per heavy atom. The molecule has 1 amide bonds. The molecule has 0 unspecified atom stereocenters. The number of unbranched alkanes of at least 4 members (excludes halogenated alkanes) is 2. The van der Waals surface area contributed by atoms with Gasteiger partial charge in [-0.25, -0.2) is 4.39 Å². The van der Waals surface area contributed by atoms with Gasteiger partial charge in [0.1, 0.15) is 5.82 Å². The van der Waals surface area contributed by atoms with E-state index in [1.807, 2.05) is 0 Å². The van der Waals surface area contributed by atoms with Crippen LogP contribution in [0.1, 0.15) is 36.0 Å². The van der Waals surface area contributed by atoms with Gasteiger partial charge >= 0.3 is 5.97 Å². The molecule has 0 aliphatic carbocycles. The summed E-state index contributed by atoms with van der Waals surface area (Å²) in [4.78, 5) is 22.6. The fourth-order valence-corrected chi connectivity index (χ4v) is 2.02. The summed E-state index contributed by atoms with van der Waals surface area (Å²) in [5.41, 5.74) is 0.0222. The van der Waals surface area contributed by atoms with Gasteiger partial charge in [0, 0.05) is 13.0 Å². The molecule has 110 valence electrons. The fourth-order valence-electron chi connectivity index (χ4n) is 1.65. The van der Waals surface area contributed by atoms with Crippen molar-refractivity contribution < 1.29 is 18.7 Å². The summed E-state index contributed by atoms with van der Waals surface area (Å²) in [5, 5.41) is 2.65. The van der Waals surface area contributed by atoms with Crippen molar-refractivity contribution in [1.82, 2.24) is 5.32 Å². The van der Waals surface area contributed by atoms with Crippen LogP contribution in [0.2, 0.25) is 0 Å². The molecule has 0 atom stereocenters. The molecular weight excluding hydrogens is 329 g/mol. The Morgan fingerprint density at radius 3 is 2.75 bits per heavy atom. The maximum atomic E-state index is 13.7. The topological polar surface area (TPSA) is 55.4 Å². The number of carbonyl (C=O) groups excluding carboxylic acids is 2. The van der Waals surface area contributed by atoms with Crippen LogP contribution in [0, 0.1) is 5.82 Å². The Balaban J connectivity index is 2.27. The average Bonchev–Trinajstić information content (AvgIpc) is 2.44. The van der Waals surface area contributed by atoms with Crippen LogP contribution < -0.4 is 5.32 Å². The van der Waals surface area contributed by atoms with Crippen LogP contribution in [-0.2, 0) is 9.53 Å². The molecule has 6 heteroatoms. The molecule has 0 heterocycles. The summed E-state index contributed by atoms with van der Waals surface area (Å²) < 4.78 is 18.4. The van der Waals surface area contributed by atoms with E-state index in [9.17, 15) is 14.0 Å². The Hall–Kier alpha value is -1.43. The van der Waals surface area contributed by atoms with Gasteiger partial charge < -0.3 is 10.1 Å². The smallest absolute Gasteiger partial charge is 0.305 e. The second-order valence-corrected chi connectivity index (χ2v) is 5.10. The third kappa shape index (κ3) is 5.28. The highest BCUT2D eigenvalue weighted by molar-refractivity contribution is 9.10. The number of benzene rings is 1. The maximum absolute atomic E-state index is 13.7. The normalized spacial score (nSPS) is 10.2. The van der Waals surface area contributed by atoms with Crippen molar-refractivity contribution >= 4 is 27.8 Å². The lowest BCUT2D eigenvalue weighted by Gasteiger charge is -2.06. The summed E-state index contributed by atoms with van der Waals surface area (Å²) in [5.74, 6) is -1.22. The molecule has 0 fully saturated rings. The zero-order valence-electron chi connectivity index (χ0n) is 11.2. The summed E-state index contributed by atoms with van der Waals surface area (Å²) in [6.45, 7) is 0.450. The summed E-state index contributed by atoms with van der Waals surface area (Å²) >= 11 is 3.04. The summed E-state index contributed by atoms with van der Waals surface area (Å²) in [6.07, 6.45) is 2.63. The Morgan fingerprint density at radius 1 is 1.30 bits per heavy atom. The van der Waals surface area contributed by atoms with Crippen molar-refractivity contribution in [2.24, 2.45) is 0 Å². The number of hydrogen-bond donors (Lipinski definition) is 1. The number of ether oxygens (including phenoxy) is 1. The Kier molecular flexibility index (Phi) is 7.22. The quantitative estimate of drug-likeness (QED) is 0.610. The minimum absolute atomic E-state index is 0.0222. The molecular formula is C14H17BrFNO3. The molecule has 0 aliphatic heterocycles. The Bertz CT molecular complexity index is 479. The fraction of sp³-hybridized carbons (Fsp3) is 0.429. The van der Waals surface area contributed by atoms with E-state index < -0.39 is 11.7 Å².